The van der Waals surface area contributed by atoms with Gasteiger partial charge in [0.2, 0.25) is 5.75 Å². The van der Waals surface area contributed by atoms with Gasteiger partial charge < -0.3 is 19.9 Å². The Morgan fingerprint density at radius 1 is 1.22 bits per heavy atom. The number of thiocarbonyl (C=S) groups is 1. The maximum atomic E-state index is 5.72. The summed E-state index contributed by atoms with van der Waals surface area (Å²) in [6.45, 7) is 4.25. The normalized spacial score (nSPS) is 10.9. The van der Waals surface area contributed by atoms with Crippen LogP contribution in [0.1, 0.15) is 13.8 Å². The number of hydrogen-bond donors (Lipinski definition) is 1. The highest BCUT2D eigenvalue weighted by Gasteiger charge is 2.23. The molecule has 0 aliphatic rings. The molecule has 0 saturated carbocycles. The van der Waals surface area contributed by atoms with Crippen molar-refractivity contribution >= 4 is 17.2 Å². The summed E-state index contributed by atoms with van der Waals surface area (Å²) in [5, 5.41) is 0. The molecule has 0 saturated heterocycles. The molecule has 0 spiro atoms. The average molecular weight is 269 g/mol. The molecule has 0 aliphatic carbocycles. The number of nitrogens with two attached hydrogens (primary N) is 1. The van der Waals surface area contributed by atoms with Gasteiger partial charge in [-0.2, -0.15) is 0 Å². The third-order valence-electron chi connectivity index (χ3n) is 2.62. The Kier molecular flexibility index (Phi) is 4.78. The fraction of sp³-hybridized carbons (Fsp3) is 0.462. The summed E-state index contributed by atoms with van der Waals surface area (Å²) < 4.78 is 16.2. The van der Waals surface area contributed by atoms with Crippen LogP contribution in [-0.2, 0) is 0 Å². The van der Waals surface area contributed by atoms with E-state index in [4.69, 9.17) is 32.2 Å². The molecule has 1 rings (SSSR count). The van der Waals surface area contributed by atoms with Crippen LogP contribution in [0.15, 0.2) is 18.2 Å². The Labute approximate surface area is 113 Å². The summed E-state index contributed by atoms with van der Waals surface area (Å²) >= 11 is 5.00. The van der Waals surface area contributed by atoms with Crippen molar-refractivity contribution in [1.82, 2.24) is 0 Å². The second-order valence-corrected chi connectivity index (χ2v) is 4.97. The van der Waals surface area contributed by atoms with Crippen LogP contribution in [0.3, 0.4) is 0 Å². The van der Waals surface area contributed by atoms with Crippen LogP contribution in [0.2, 0.25) is 0 Å². The van der Waals surface area contributed by atoms with Crippen molar-refractivity contribution < 1.29 is 14.2 Å². The molecule has 0 aromatic heterocycles. The quantitative estimate of drug-likeness (QED) is 0.804. The van der Waals surface area contributed by atoms with Gasteiger partial charge in [-0.05, 0) is 12.1 Å². The molecule has 0 heterocycles. The van der Waals surface area contributed by atoms with Crippen LogP contribution in [-0.4, -0.2) is 25.8 Å². The maximum Gasteiger partial charge on any atom is 0.203 e. The Balaban J connectivity index is 2.88. The van der Waals surface area contributed by atoms with E-state index >= 15 is 0 Å². The molecule has 2 N–H and O–H groups in total. The topological polar surface area (TPSA) is 53.7 Å². The summed E-state index contributed by atoms with van der Waals surface area (Å²) in [5.74, 6) is 1.81. The lowest BCUT2D eigenvalue weighted by Gasteiger charge is -2.24. The molecule has 0 fully saturated rings. The monoisotopic (exact) mass is 269 g/mol. The Bertz CT molecular complexity index is 432. The van der Waals surface area contributed by atoms with Crippen LogP contribution >= 0.6 is 12.2 Å². The maximum absolute atomic E-state index is 5.72. The molecule has 18 heavy (non-hydrogen) atoms. The first-order valence-electron chi connectivity index (χ1n) is 5.56. The lowest BCUT2D eigenvalue weighted by molar-refractivity contribution is 0.224. The fourth-order valence-electron chi connectivity index (χ4n) is 1.30. The second-order valence-electron chi connectivity index (χ2n) is 4.53. The van der Waals surface area contributed by atoms with E-state index in [9.17, 15) is 0 Å². The van der Waals surface area contributed by atoms with Crippen molar-refractivity contribution in [1.29, 1.82) is 0 Å². The van der Waals surface area contributed by atoms with Gasteiger partial charge in [0.15, 0.2) is 11.5 Å². The molecule has 1 aromatic carbocycles. The van der Waals surface area contributed by atoms with E-state index in [-0.39, 0.29) is 5.41 Å². The molecule has 1 aromatic rings. The minimum atomic E-state index is -0.372. The van der Waals surface area contributed by atoms with Gasteiger partial charge in [-0.15, -0.1) is 0 Å². The lowest BCUT2D eigenvalue weighted by Crippen LogP contribution is -2.35. The van der Waals surface area contributed by atoms with Crippen LogP contribution in [0.4, 0.5) is 0 Å². The van der Waals surface area contributed by atoms with Gasteiger partial charge in [0.25, 0.3) is 0 Å². The van der Waals surface area contributed by atoms with Crippen molar-refractivity contribution in [2.45, 2.75) is 13.8 Å². The molecule has 100 valence electrons. The highest BCUT2D eigenvalue weighted by Crippen LogP contribution is 2.37. The van der Waals surface area contributed by atoms with E-state index in [1.807, 2.05) is 32.0 Å². The largest absolute Gasteiger partial charge is 0.493 e. The van der Waals surface area contributed by atoms with Gasteiger partial charge in [0.05, 0.1) is 25.8 Å². The van der Waals surface area contributed by atoms with Gasteiger partial charge in [0, 0.05) is 5.41 Å². The Morgan fingerprint density at radius 2 is 1.83 bits per heavy atom. The molecule has 0 amide bonds. The van der Waals surface area contributed by atoms with E-state index < -0.39 is 0 Å². The van der Waals surface area contributed by atoms with E-state index in [1.54, 1.807) is 14.2 Å². The molecule has 0 bridgehead atoms. The first-order chi connectivity index (χ1) is 8.42. The third kappa shape index (κ3) is 3.26. The number of hydrogen-bond acceptors (Lipinski definition) is 4. The summed E-state index contributed by atoms with van der Waals surface area (Å²) in [6, 6.07) is 5.46. The van der Waals surface area contributed by atoms with Gasteiger partial charge in [0.1, 0.15) is 0 Å². The molecular weight excluding hydrogens is 250 g/mol. The van der Waals surface area contributed by atoms with Crippen molar-refractivity contribution in [3.05, 3.63) is 18.2 Å². The van der Waals surface area contributed by atoms with E-state index in [2.05, 4.69) is 0 Å². The second kappa shape index (κ2) is 5.91. The van der Waals surface area contributed by atoms with Crippen LogP contribution in [0.25, 0.3) is 0 Å². The van der Waals surface area contributed by atoms with Gasteiger partial charge in [-0.3, -0.25) is 0 Å². The highest BCUT2D eigenvalue weighted by molar-refractivity contribution is 7.80. The summed E-state index contributed by atoms with van der Waals surface area (Å²) in [4.78, 5) is 0.421. The smallest absolute Gasteiger partial charge is 0.203 e. The number of rotatable bonds is 6. The van der Waals surface area contributed by atoms with Crippen molar-refractivity contribution in [2.75, 3.05) is 20.8 Å². The number of ether oxygens (including phenoxy) is 3. The van der Waals surface area contributed by atoms with Gasteiger partial charge in [-0.25, -0.2) is 0 Å². The Morgan fingerprint density at radius 3 is 2.33 bits per heavy atom. The number of benzene rings is 1. The minimum absolute atomic E-state index is 0.372. The van der Waals surface area contributed by atoms with Gasteiger partial charge in [-0.1, -0.05) is 32.1 Å². The van der Waals surface area contributed by atoms with Gasteiger partial charge >= 0.3 is 0 Å². The first-order valence-corrected chi connectivity index (χ1v) is 5.97. The summed E-state index contributed by atoms with van der Waals surface area (Å²) in [7, 11) is 3.16. The SMILES string of the molecule is COc1cccc(OCC(C)(C)C(N)=S)c1OC. The zero-order chi connectivity index (χ0) is 13.8. The van der Waals surface area contributed by atoms with E-state index in [0.717, 1.165) is 0 Å². The third-order valence-corrected chi connectivity index (χ3v) is 3.17. The zero-order valence-corrected chi connectivity index (χ0v) is 12.0. The summed E-state index contributed by atoms with van der Waals surface area (Å²) in [6.07, 6.45) is 0. The van der Waals surface area contributed by atoms with Crippen molar-refractivity contribution in [3.8, 4) is 17.2 Å². The van der Waals surface area contributed by atoms with Crippen LogP contribution in [0, 0.1) is 5.41 Å². The highest BCUT2D eigenvalue weighted by atomic mass is 32.1. The molecule has 0 radical (unpaired) electrons. The standard InChI is InChI=1S/C13H19NO3S/c1-13(2,12(14)18)8-17-10-7-5-6-9(15-3)11(10)16-4/h5-7H,8H2,1-4H3,(H2,14,18). The molecule has 5 heteroatoms. The molecule has 4 nitrogen and oxygen atoms in total. The van der Waals surface area contributed by atoms with Crippen LogP contribution < -0.4 is 19.9 Å². The average Bonchev–Trinajstić information content (AvgIpc) is 2.35. The van der Waals surface area contributed by atoms with E-state index in [0.29, 0.717) is 28.8 Å². The molecule has 0 aliphatic heterocycles. The fourth-order valence-corrected chi connectivity index (χ4v) is 1.36. The first kappa shape index (κ1) is 14.6. The van der Waals surface area contributed by atoms with E-state index in [1.165, 1.54) is 0 Å². The van der Waals surface area contributed by atoms with Crippen molar-refractivity contribution in [2.24, 2.45) is 11.1 Å². The molecule has 0 atom stereocenters. The van der Waals surface area contributed by atoms with Crippen molar-refractivity contribution in [3.63, 3.8) is 0 Å². The predicted octanol–water partition coefficient (Wildman–Crippen LogP) is 2.39. The number of methoxy groups -OCH3 is 2. The summed E-state index contributed by atoms with van der Waals surface area (Å²) in [5.41, 5.74) is 5.28. The lowest BCUT2D eigenvalue weighted by atomic mass is 9.95. The predicted molar refractivity (Wildman–Crippen MR) is 75.6 cm³/mol. The molecular formula is C13H19NO3S. The van der Waals surface area contributed by atoms with Crippen LogP contribution in [0.5, 0.6) is 17.2 Å². The molecule has 0 unspecified atom stereocenters. The number of para-hydroxylation sites is 1. The Hall–Kier alpha value is -1.49. The zero-order valence-electron chi connectivity index (χ0n) is 11.1. The minimum Gasteiger partial charge on any atom is -0.493 e.